The molecule has 2 atom stereocenters. The standard InChI is InChI=1S/C23H23N3O3/c27-21(14-15-26-22(28)19-8-4-5-9-20(19)23(26)29)25-18-12-10-17(11-13-18)24-16-6-2-1-3-7-16/h1-7,10-13,19-20,24H,8-9,14-15H2,(H,25,27). The van der Waals surface area contributed by atoms with Crippen molar-refractivity contribution in [2.45, 2.75) is 19.3 Å². The summed E-state index contributed by atoms with van der Waals surface area (Å²) in [6.45, 7) is 0.129. The van der Waals surface area contributed by atoms with Crippen LogP contribution in [0.4, 0.5) is 17.1 Å². The fraction of sp³-hybridized carbons (Fsp3) is 0.261. The Morgan fingerprint density at radius 2 is 1.38 bits per heavy atom. The Morgan fingerprint density at radius 3 is 2.00 bits per heavy atom. The first-order valence-corrected chi connectivity index (χ1v) is 9.84. The summed E-state index contributed by atoms with van der Waals surface area (Å²) in [6, 6.07) is 17.2. The second-order valence-electron chi connectivity index (χ2n) is 7.35. The molecule has 1 aliphatic heterocycles. The molecule has 29 heavy (non-hydrogen) atoms. The highest BCUT2D eigenvalue weighted by Gasteiger charge is 2.46. The molecule has 1 heterocycles. The SMILES string of the molecule is O=C(CCN1C(=O)C2CC=CCC2C1=O)Nc1ccc(Nc2ccccc2)cc1. The fourth-order valence-electron chi connectivity index (χ4n) is 3.85. The van der Waals surface area contributed by atoms with Gasteiger partial charge in [0.05, 0.1) is 11.8 Å². The third-order valence-corrected chi connectivity index (χ3v) is 5.39. The first-order chi connectivity index (χ1) is 14.1. The van der Waals surface area contributed by atoms with Crippen LogP contribution in [-0.4, -0.2) is 29.2 Å². The lowest BCUT2D eigenvalue weighted by Crippen LogP contribution is -2.34. The van der Waals surface area contributed by atoms with Gasteiger partial charge >= 0.3 is 0 Å². The molecule has 2 aromatic carbocycles. The number of carbonyl (C=O) groups is 3. The first kappa shape index (κ1) is 18.9. The Balaban J connectivity index is 1.29. The molecule has 0 aromatic heterocycles. The van der Waals surface area contributed by atoms with Crippen LogP contribution in [0.15, 0.2) is 66.7 Å². The van der Waals surface area contributed by atoms with Crippen LogP contribution in [0.1, 0.15) is 19.3 Å². The highest BCUT2D eigenvalue weighted by molar-refractivity contribution is 6.05. The van der Waals surface area contributed by atoms with Crippen molar-refractivity contribution in [2.75, 3.05) is 17.2 Å². The number of hydrogen-bond donors (Lipinski definition) is 2. The van der Waals surface area contributed by atoms with Crippen molar-refractivity contribution in [2.24, 2.45) is 11.8 Å². The van der Waals surface area contributed by atoms with Crippen molar-refractivity contribution >= 4 is 34.8 Å². The lowest BCUT2D eigenvalue weighted by molar-refractivity contribution is -0.140. The number of para-hydroxylation sites is 1. The summed E-state index contributed by atoms with van der Waals surface area (Å²) in [6.07, 6.45) is 5.23. The largest absolute Gasteiger partial charge is 0.356 e. The summed E-state index contributed by atoms with van der Waals surface area (Å²) in [5.74, 6) is -1.01. The summed E-state index contributed by atoms with van der Waals surface area (Å²) in [5, 5.41) is 6.10. The van der Waals surface area contributed by atoms with Crippen molar-refractivity contribution in [3.63, 3.8) is 0 Å². The average Bonchev–Trinajstić information content (AvgIpc) is 2.99. The number of rotatable bonds is 6. The third kappa shape index (κ3) is 4.21. The molecule has 0 saturated carbocycles. The number of amides is 3. The van der Waals surface area contributed by atoms with Crippen LogP contribution >= 0.6 is 0 Å². The van der Waals surface area contributed by atoms with Crippen molar-refractivity contribution in [3.8, 4) is 0 Å². The van der Waals surface area contributed by atoms with E-state index in [4.69, 9.17) is 0 Å². The van der Waals surface area contributed by atoms with Crippen molar-refractivity contribution in [1.82, 2.24) is 4.90 Å². The van der Waals surface area contributed by atoms with Crippen LogP contribution in [0.25, 0.3) is 0 Å². The van der Waals surface area contributed by atoms with E-state index in [0.29, 0.717) is 18.5 Å². The molecule has 3 amide bonds. The molecule has 6 heteroatoms. The molecule has 2 unspecified atom stereocenters. The van der Waals surface area contributed by atoms with Gasteiger partial charge in [0.25, 0.3) is 0 Å². The zero-order valence-corrected chi connectivity index (χ0v) is 16.0. The third-order valence-electron chi connectivity index (χ3n) is 5.39. The van der Waals surface area contributed by atoms with E-state index >= 15 is 0 Å². The Labute approximate surface area is 169 Å². The highest BCUT2D eigenvalue weighted by atomic mass is 16.2. The van der Waals surface area contributed by atoms with Crippen molar-refractivity contribution in [3.05, 3.63) is 66.7 Å². The fourth-order valence-corrected chi connectivity index (χ4v) is 3.85. The minimum Gasteiger partial charge on any atom is -0.356 e. The van der Waals surface area contributed by atoms with Crippen molar-refractivity contribution < 1.29 is 14.4 Å². The predicted octanol–water partition coefficient (Wildman–Crippen LogP) is 3.71. The molecule has 2 N–H and O–H groups in total. The molecule has 0 bridgehead atoms. The van der Waals surface area contributed by atoms with Crippen LogP contribution in [0.5, 0.6) is 0 Å². The van der Waals surface area contributed by atoms with Gasteiger partial charge < -0.3 is 10.6 Å². The maximum Gasteiger partial charge on any atom is 0.233 e. The molecule has 4 rings (SSSR count). The van der Waals surface area contributed by atoms with Gasteiger partial charge in [-0.25, -0.2) is 0 Å². The van der Waals surface area contributed by atoms with Gasteiger partial charge in [0.1, 0.15) is 0 Å². The van der Waals surface area contributed by atoms with Crippen LogP contribution in [0, 0.1) is 11.8 Å². The lowest BCUT2D eigenvalue weighted by atomic mass is 9.85. The minimum absolute atomic E-state index is 0.0916. The van der Waals surface area contributed by atoms with Gasteiger partial charge in [0.2, 0.25) is 17.7 Å². The molecule has 1 saturated heterocycles. The molecule has 0 radical (unpaired) electrons. The average molecular weight is 389 g/mol. The number of carbonyl (C=O) groups excluding carboxylic acids is 3. The summed E-state index contributed by atoms with van der Waals surface area (Å²) in [5.41, 5.74) is 2.57. The van der Waals surface area contributed by atoms with Crippen LogP contribution in [-0.2, 0) is 14.4 Å². The predicted molar refractivity (Wildman–Crippen MR) is 111 cm³/mol. The second kappa shape index (κ2) is 8.31. The van der Waals surface area contributed by atoms with Crippen LogP contribution in [0.2, 0.25) is 0 Å². The van der Waals surface area contributed by atoms with E-state index in [0.717, 1.165) is 11.4 Å². The smallest absolute Gasteiger partial charge is 0.233 e. The monoisotopic (exact) mass is 389 g/mol. The van der Waals surface area contributed by atoms with Gasteiger partial charge in [-0.15, -0.1) is 0 Å². The number of benzene rings is 2. The summed E-state index contributed by atoms with van der Waals surface area (Å²) in [4.78, 5) is 38.4. The number of nitrogens with one attached hydrogen (secondary N) is 2. The number of imide groups is 1. The van der Waals surface area contributed by atoms with Gasteiger partial charge in [-0.3, -0.25) is 19.3 Å². The Kier molecular flexibility index (Phi) is 5.42. The first-order valence-electron chi connectivity index (χ1n) is 9.84. The molecule has 6 nitrogen and oxygen atoms in total. The van der Waals surface area contributed by atoms with E-state index in [1.165, 1.54) is 4.90 Å². The molecular formula is C23H23N3O3. The minimum atomic E-state index is -0.250. The van der Waals surface area contributed by atoms with Crippen LogP contribution in [0.3, 0.4) is 0 Å². The van der Waals surface area contributed by atoms with E-state index in [9.17, 15) is 14.4 Å². The molecule has 2 aliphatic rings. The molecule has 0 spiro atoms. The highest BCUT2D eigenvalue weighted by Crippen LogP contribution is 2.35. The topological polar surface area (TPSA) is 78.5 Å². The summed E-state index contributed by atoms with van der Waals surface area (Å²) >= 11 is 0. The number of hydrogen-bond acceptors (Lipinski definition) is 4. The second-order valence-corrected chi connectivity index (χ2v) is 7.35. The number of nitrogens with zero attached hydrogens (tertiary/aromatic N) is 1. The van der Waals surface area contributed by atoms with Gasteiger partial charge in [0.15, 0.2) is 0 Å². The van der Waals surface area contributed by atoms with E-state index in [1.54, 1.807) is 0 Å². The zero-order valence-electron chi connectivity index (χ0n) is 16.0. The molecule has 148 valence electrons. The number of allylic oxidation sites excluding steroid dienone is 2. The van der Waals surface area contributed by atoms with E-state index in [-0.39, 0.29) is 42.5 Å². The van der Waals surface area contributed by atoms with Crippen molar-refractivity contribution in [1.29, 1.82) is 0 Å². The Bertz CT molecular complexity index is 912. The molecule has 1 aliphatic carbocycles. The summed E-state index contributed by atoms with van der Waals surface area (Å²) < 4.78 is 0. The van der Waals surface area contributed by atoms with E-state index < -0.39 is 0 Å². The quantitative estimate of drug-likeness (QED) is 0.583. The van der Waals surface area contributed by atoms with Gasteiger partial charge in [-0.2, -0.15) is 0 Å². The molecular weight excluding hydrogens is 366 g/mol. The normalized spacial score (nSPS) is 20.5. The number of likely N-dealkylation sites (tertiary alicyclic amines) is 1. The van der Waals surface area contributed by atoms with Crippen LogP contribution < -0.4 is 10.6 Å². The van der Waals surface area contributed by atoms with E-state index in [2.05, 4.69) is 10.6 Å². The Hall–Kier alpha value is -3.41. The van der Waals surface area contributed by atoms with Gasteiger partial charge in [-0.1, -0.05) is 30.4 Å². The molecule has 2 aromatic rings. The maximum absolute atomic E-state index is 12.4. The van der Waals surface area contributed by atoms with E-state index in [1.807, 2.05) is 66.7 Å². The number of anilines is 3. The maximum atomic E-state index is 12.4. The molecule has 1 fully saturated rings. The lowest BCUT2D eigenvalue weighted by Gasteiger charge is -2.14. The van der Waals surface area contributed by atoms with Gasteiger partial charge in [-0.05, 0) is 49.2 Å². The van der Waals surface area contributed by atoms with Gasteiger partial charge in [0, 0.05) is 30.0 Å². The zero-order chi connectivity index (χ0) is 20.2. The Morgan fingerprint density at radius 1 is 0.828 bits per heavy atom. The number of fused-ring (bicyclic) bond motifs is 1. The summed E-state index contributed by atoms with van der Waals surface area (Å²) in [7, 11) is 0.